The molecule has 1 aromatic heterocycles. The zero-order valence-electron chi connectivity index (χ0n) is 15.2. The topological polar surface area (TPSA) is 125 Å². The van der Waals surface area contributed by atoms with Crippen molar-refractivity contribution in [3.05, 3.63) is 60.8 Å². The normalized spacial score (nSPS) is 21.1. The number of anilines is 2. The maximum absolute atomic E-state index is 12.8. The first kappa shape index (κ1) is 19.6. The quantitative estimate of drug-likeness (QED) is 0.558. The fourth-order valence-electron chi connectivity index (χ4n) is 3.32. The minimum Gasteiger partial charge on any atom is -0.390 e. The Hall–Kier alpha value is -2.69. The van der Waals surface area contributed by atoms with E-state index in [2.05, 4.69) is 15.0 Å². The lowest BCUT2D eigenvalue weighted by Crippen LogP contribution is -2.31. The van der Waals surface area contributed by atoms with Crippen LogP contribution in [0.1, 0.15) is 0 Å². The monoisotopic (exact) mass is 433 g/mol. The van der Waals surface area contributed by atoms with Gasteiger partial charge in [0.05, 0.1) is 29.2 Å². The molecule has 0 aliphatic carbocycles. The van der Waals surface area contributed by atoms with E-state index >= 15 is 0 Å². The third-order valence-electron chi connectivity index (χ3n) is 4.70. The summed E-state index contributed by atoms with van der Waals surface area (Å²) >= 11 is 0. The number of nitrogens with zero attached hydrogens (tertiary/aromatic N) is 1. The summed E-state index contributed by atoms with van der Waals surface area (Å²) in [6, 6.07) is 14.3. The van der Waals surface area contributed by atoms with Crippen molar-refractivity contribution < 1.29 is 21.9 Å². The molecule has 8 nitrogen and oxygen atoms in total. The van der Waals surface area contributed by atoms with E-state index in [0.717, 1.165) is 5.39 Å². The van der Waals surface area contributed by atoms with Crippen LogP contribution in [-0.2, 0) is 19.9 Å². The Morgan fingerprint density at radius 3 is 2.34 bits per heavy atom. The van der Waals surface area contributed by atoms with E-state index in [1.54, 1.807) is 54.7 Å². The zero-order valence-corrected chi connectivity index (χ0v) is 16.8. The summed E-state index contributed by atoms with van der Waals surface area (Å²) in [6.45, 7) is 0. The van der Waals surface area contributed by atoms with Crippen molar-refractivity contribution >= 4 is 42.1 Å². The summed E-state index contributed by atoms with van der Waals surface area (Å²) in [5.74, 6) is -0.405. The number of benzene rings is 2. The summed E-state index contributed by atoms with van der Waals surface area (Å²) in [6.07, 6.45) is 0.566. The van der Waals surface area contributed by atoms with Gasteiger partial charge < -0.3 is 10.4 Å². The molecular formula is C19H19N3O5S2. The highest BCUT2D eigenvalue weighted by Crippen LogP contribution is 2.25. The van der Waals surface area contributed by atoms with Gasteiger partial charge in [0.1, 0.15) is 4.90 Å². The fourth-order valence-corrected chi connectivity index (χ4v) is 6.30. The van der Waals surface area contributed by atoms with E-state index in [9.17, 15) is 21.9 Å². The van der Waals surface area contributed by atoms with E-state index in [0.29, 0.717) is 16.9 Å². The Bertz CT molecular complexity index is 1250. The molecule has 1 saturated heterocycles. The van der Waals surface area contributed by atoms with E-state index < -0.39 is 32.0 Å². The van der Waals surface area contributed by atoms with Gasteiger partial charge in [-0.05, 0) is 36.4 Å². The summed E-state index contributed by atoms with van der Waals surface area (Å²) in [5.41, 5.74) is 1.32. The van der Waals surface area contributed by atoms with Crippen LogP contribution in [0, 0.1) is 0 Å². The molecule has 3 aromatic rings. The number of aromatic nitrogens is 1. The third-order valence-corrected chi connectivity index (χ3v) is 7.83. The Morgan fingerprint density at radius 1 is 0.966 bits per heavy atom. The van der Waals surface area contributed by atoms with Gasteiger partial charge in [0.25, 0.3) is 10.0 Å². The second kappa shape index (κ2) is 7.29. The second-order valence-electron chi connectivity index (χ2n) is 6.91. The van der Waals surface area contributed by atoms with Gasteiger partial charge in [-0.1, -0.05) is 18.2 Å². The van der Waals surface area contributed by atoms with Gasteiger partial charge in [-0.25, -0.2) is 16.8 Å². The number of fused-ring (bicyclic) bond motifs is 1. The Balaban J connectivity index is 1.52. The van der Waals surface area contributed by atoms with Crippen molar-refractivity contribution in [1.29, 1.82) is 0 Å². The van der Waals surface area contributed by atoms with Crippen LogP contribution in [0.3, 0.4) is 0 Å². The van der Waals surface area contributed by atoms with E-state index in [4.69, 9.17) is 0 Å². The predicted octanol–water partition coefficient (Wildman–Crippen LogP) is 1.61. The van der Waals surface area contributed by atoms with Crippen LogP contribution in [-0.4, -0.2) is 50.6 Å². The maximum atomic E-state index is 12.8. The molecule has 0 unspecified atom stereocenters. The first-order valence-electron chi connectivity index (χ1n) is 8.85. The molecule has 2 atom stereocenters. The first-order chi connectivity index (χ1) is 13.7. The molecule has 3 N–H and O–H groups in total. The zero-order chi connectivity index (χ0) is 20.6. The standard InChI is InChI=1S/C19H19N3O5S2/c23-17-12-28(24,25)11-16(17)21-14-6-8-15(9-7-14)22-29(26,27)18-5-1-3-13-4-2-10-20-19(13)18/h1-10,16-17,21-23H,11-12H2/t16-,17-/m1/s1. The molecule has 0 spiro atoms. The van der Waals surface area contributed by atoms with Crippen LogP contribution < -0.4 is 10.0 Å². The lowest BCUT2D eigenvalue weighted by Gasteiger charge is -2.17. The first-order valence-corrected chi connectivity index (χ1v) is 12.2. The van der Waals surface area contributed by atoms with Gasteiger partial charge in [0.2, 0.25) is 0 Å². The van der Waals surface area contributed by atoms with E-state index in [1.807, 2.05) is 0 Å². The fraction of sp³-hybridized carbons (Fsp3) is 0.211. The molecule has 2 heterocycles. The number of nitrogens with one attached hydrogen (secondary N) is 2. The van der Waals surface area contributed by atoms with Crippen LogP contribution in [0.2, 0.25) is 0 Å². The molecule has 0 radical (unpaired) electrons. The highest BCUT2D eigenvalue weighted by Gasteiger charge is 2.36. The van der Waals surface area contributed by atoms with Crippen molar-refractivity contribution in [2.24, 2.45) is 0 Å². The highest BCUT2D eigenvalue weighted by atomic mass is 32.2. The van der Waals surface area contributed by atoms with Gasteiger partial charge in [0, 0.05) is 23.0 Å². The number of pyridine rings is 1. The molecule has 0 bridgehead atoms. The number of aliphatic hydroxyl groups excluding tert-OH is 1. The Morgan fingerprint density at radius 2 is 1.66 bits per heavy atom. The van der Waals surface area contributed by atoms with Crippen molar-refractivity contribution in [2.45, 2.75) is 17.0 Å². The SMILES string of the molecule is O=S1(=O)C[C@@H](O)[C@H](Nc2ccc(NS(=O)(=O)c3cccc4cccnc34)cc2)C1. The number of para-hydroxylation sites is 1. The van der Waals surface area contributed by atoms with Crippen LogP contribution in [0.5, 0.6) is 0 Å². The average molecular weight is 434 g/mol. The molecule has 4 rings (SSSR count). The Kier molecular flexibility index (Phi) is 4.93. The summed E-state index contributed by atoms with van der Waals surface area (Å²) in [4.78, 5) is 4.26. The van der Waals surface area contributed by atoms with E-state index in [1.165, 1.54) is 6.07 Å². The molecule has 2 aromatic carbocycles. The molecule has 29 heavy (non-hydrogen) atoms. The number of rotatable bonds is 5. The number of hydrogen-bond donors (Lipinski definition) is 3. The molecule has 0 saturated carbocycles. The molecule has 10 heteroatoms. The van der Waals surface area contributed by atoms with Gasteiger partial charge in [0.15, 0.2) is 9.84 Å². The van der Waals surface area contributed by atoms with Gasteiger partial charge in [-0.3, -0.25) is 9.71 Å². The van der Waals surface area contributed by atoms with Gasteiger partial charge in [-0.2, -0.15) is 0 Å². The van der Waals surface area contributed by atoms with Crippen LogP contribution in [0.4, 0.5) is 11.4 Å². The molecule has 1 aliphatic heterocycles. The molecular weight excluding hydrogens is 414 g/mol. The summed E-state index contributed by atoms with van der Waals surface area (Å²) in [5, 5.41) is 13.6. The molecule has 0 amide bonds. The molecule has 1 fully saturated rings. The second-order valence-corrected chi connectivity index (χ2v) is 10.7. The number of sulfone groups is 1. The van der Waals surface area contributed by atoms with Crippen LogP contribution in [0.15, 0.2) is 65.7 Å². The third kappa shape index (κ3) is 4.19. The van der Waals surface area contributed by atoms with Gasteiger partial charge >= 0.3 is 0 Å². The number of hydrogen-bond acceptors (Lipinski definition) is 7. The summed E-state index contributed by atoms with van der Waals surface area (Å²) in [7, 11) is -7.11. The lowest BCUT2D eigenvalue weighted by molar-refractivity contribution is 0.190. The lowest BCUT2D eigenvalue weighted by atomic mass is 10.2. The number of aliphatic hydroxyl groups is 1. The smallest absolute Gasteiger partial charge is 0.264 e. The Labute approximate surface area is 168 Å². The van der Waals surface area contributed by atoms with E-state index in [-0.39, 0.29) is 16.4 Å². The maximum Gasteiger partial charge on any atom is 0.264 e. The minimum atomic E-state index is -3.85. The van der Waals surface area contributed by atoms with Crippen LogP contribution in [0.25, 0.3) is 10.9 Å². The van der Waals surface area contributed by atoms with Gasteiger partial charge in [-0.15, -0.1) is 0 Å². The van der Waals surface area contributed by atoms with Crippen molar-refractivity contribution in [1.82, 2.24) is 4.98 Å². The minimum absolute atomic E-state index is 0.0806. The van der Waals surface area contributed by atoms with Crippen molar-refractivity contribution in [3.8, 4) is 0 Å². The highest BCUT2D eigenvalue weighted by molar-refractivity contribution is 7.93. The average Bonchev–Trinajstić information content (AvgIpc) is 2.94. The van der Waals surface area contributed by atoms with Crippen molar-refractivity contribution in [2.75, 3.05) is 21.5 Å². The van der Waals surface area contributed by atoms with Crippen molar-refractivity contribution in [3.63, 3.8) is 0 Å². The predicted molar refractivity (Wildman–Crippen MR) is 111 cm³/mol. The molecule has 1 aliphatic rings. The largest absolute Gasteiger partial charge is 0.390 e. The number of sulfonamides is 1. The molecule has 152 valence electrons. The summed E-state index contributed by atoms with van der Waals surface area (Å²) < 4.78 is 51.4. The van der Waals surface area contributed by atoms with Crippen LogP contribution >= 0.6 is 0 Å².